The predicted octanol–water partition coefficient (Wildman–Crippen LogP) is 22.4. The normalized spacial score (nSPS) is 13.2. The van der Waals surface area contributed by atoms with Crippen LogP contribution in [0.2, 0.25) is 0 Å². The maximum Gasteiger partial charge on any atom is 0.249 e. The third kappa shape index (κ3) is 60.3. The van der Waals surface area contributed by atoms with Gasteiger partial charge in [0.05, 0.1) is 18.8 Å². The van der Waals surface area contributed by atoms with Crippen LogP contribution in [-0.2, 0) is 4.79 Å². The molecule has 1 amide bonds. The summed E-state index contributed by atoms with van der Waals surface area (Å²) in [7, 11) is 0. The van der Waals surface area contributed by atoms with Crippen LogP contribution < -0.4 is 5.32 Å². The molecule has 0 radical (unpaired) electrons. The fraction of sp³-hybridized carbons (Fsp3) is 0.929. The van der Waals surface area contributed by atoms with Crippen LogP contribution in [0.15, 0.2) is 24.3 Å². The minimum absolute atomic E-state index is 0.310. The van der Waals surface area contributed by atoms with E-state index in [0.717, 1.165) is 38.5 Å². The third-order valence-corrected chi connectivity index (χ3v) is 16.6. The largest absolute Gasteiger partial charge is 0.394 e. The summed E-state index contributed by atoms with van der Waals surface area (Å²) < 4.78 is 0. The third-order valence-electron chi connectivity index (χ3n) is 16.6. The highest BCUT2D eigenvalue weighted by Crippen LogP contribution is 2.19. The van der Waals surface area contributed by atoms with Crippen LogP contribution in [0.5, 0.6) is 0 Å². The van der Waals surface area contributed by atoms with Crippen molar-refractivity contribution in [2.45, 2.75) is 411 Å². The van der Waals surface area contributed by atoms with Gasteiger partial charge >= 0.3 is 0 Å². The smallest absolute Gasteiger partial charge is 0.249 e. The summed E-state index contributed by atoms with van der Waals surface area (Å²) in [6.45, 7) is 4.29. The van der Waals surface area contributed by atoms with Gasteiger partial charge in [-0.05, 0) is 44.9 Å². The van der Waals surface area contributed by atoms with Gasteiger partial charge in [0, 0.05) is 0 Å². The second-order valence-electron chi connectivity index (χ2n) is 24.1. The van der Waals surface area contributed by atoms with Crippen molar-refractivity contribution in [3.8, 4) is 0 Å². The fourth-order valence-electron chi connectivity index (χ4n) is 11.2. The standard InChI is InChI=1S/C70H137NO4/c1-3-5-7-9-11-13-15-17-19-21-23-25-27-29-30-31-32-33-34-35-36-37-38-39-41-43-45-47-49-51-53-55-57-59-61-63-65-69(74)70(75)71-67(66-72)68(73)64-62-60-58-56-54-52-50-48-46-44-42-40-28-26-24-22-20-18-16-14-12-10-8-6-4-2/h30-31,33-34,67-69,72-74H,3-29,32,35-66H2,1-2H3,(H,71,75)/b31-30-,34-33-. The van der Waals surface area contributed by atoms with Crippen molar-refractivity contribution in [2.24, 2.45) is 0 Å². The molecule has 3 unspecified atom stereocenters. The molecule has 0 bridgehead atoms. The molecule has 5 nitrogen and oxygen atoms in total. The molecular formula is C70H137NO4. The molecule has 0 aromatic carbocycles. The molecule has 0 aliphatic carbocycles. The van der Waals surface area contributed by atoms with Crippen LogP contribution in [0.4, 0.5) is 0 Å². The van der Waals surface area contributed by atoms with Gasteiger partial charge in [-0.15, -0.1) is 0 Å². The predicted molar refractivity (Wildman–Crippen MR) is 333 cm³/mol. The highest BCUT2D eigenvalue weighted by atomic mass is 16.3. The summed E-state index contributed by atoms with van der Waals surface area (Å²) in [5.74, 6) is -0.463. The van der Waals surface area contributed by atoms with E-state index in [1.807, 2.05) is 0 Å². The second-order valence-corrected chi connectivity index (χ2v) is 24.1. The van der Waals surface area contributed by atoms with Crippen molar-refractivity contribution in [1.82, 2.24) is 5.32 Å². The molecule has 0 saturated heterocycles. The Bertz CT molecular complexity index is 1120. The number of hydrogen-bond donors (Lipinski definition) is 4. The minimum atomic E-state index is -1.08. The Morgan fingerprint density at radius 1 is 0.320 bits per heavy atom. The molecule has 0 aliphatic heterocycles. The summed E-state index contributed by atoms with van der Waals surface area (Å²) in [4.78, 5) is 12.6. The van der Waals surface area contributed by atoms with Crippen molar-refractivity contribution in [3.63, 3.8) is 0 Å². The first-order valence-corrected chi connectivity index (χ1v) is 34.6. The molecule has 0 heterocycles. The highest BCUT2D eigenvalue weighted by Gasteiger charge is 2.23. The van der Waals surface area contributed by atoms with E-state index in [2.05, 4.69) is 43.5 Å². The van der Waals surface area contributed by atoms with Crippen molar-refractivity contribution in [1.29, 1.82) is 0 Å². The number of allylic oxidation sites excluding steroid dienone is 4. The van der Waals surface area contributed by atoms with Crippen LogP contribution in [0.1, 0.15) is 393 Å². The van der Waals surface area contributed by atoms with Gasteiger partial charge < -0.3 is 20.6 Å². The van der Waals surface area contributed by atoms with E-state index in [1.54, 1.807) is 0 Å². The highest BCUT2D eigenvalue weighted by molar-refractivity contribution is 5.80. The number of carbonyl (C=O) groups is 1. The maximum atomic E-state index is 12.6. The number of unbranched alkanes of at least 4 members (excludes halogenated alkanes) is 53. The van der Waals surface area contributed by atoms with Gasteiger partial charge in [-0.1, -0.05) is 372 Å². The zero-order valence-corrected chi connectivity index (χ0v) is 51.2. The number of aliphatic hydroxyl groups is 3. The monoisotopic (exact) mass is 1060 g/mol. The Morgan fingerprint density at radius 2 is 0.547 bits per heavy atom. The molecule has 446 valence electrons. The van der Waals surface area contributed by atoms with Crippen LogP contribution in [0.25, 0.3) is 0 Å². The Labute approximate surface area is 471 Å². The average Bonchev–Trinajstić information content (AvgIpc) is 3.41. The van der Waals surface area contributed by atoms with E-state index < -0.39 is 24.2 Å². The SMILES string of the molecule is CCCCCCCCCCCCCCC/C=C\C/C=C\CCCCCCCCCCCCCCCCCCC(O)C(=O)NC(CO)C(O)CCCCCCCCCCCCCCCCCCCCCCCCCCC. The Balaban J connectivity index is 3.46. The zero-order valence-electron chi connectivity index (χ0n) is 51.2. The molecule has 0 aromatic heterocycles. The van der Waals surface area contributed by atoms with E-state index >= 15 is 0 Å². The summed E-state index contributed by atoms with van der Waals surface area (Å²) in [6.07, 6.45) is 85.7. The Morgan fingerprint density at radius 3 is 0.800 bits per heavy atom. The molecule has 0 aromatic rings. The molecule has 0 saturated carbocycles. The first-order chi connectivity index (χ1) is 37.1. The second kappa shape index (κ2) is 65.3. The minimum Gasteiger partial charge on any atom is -0.394 e. The molecule has 0 aliphatic rings. The molecule has 75 heavy (non-hydrogen) atoms. The maximum absolute atomic E-state index is 12.6. The summed E-state index contributed by atoms with van der Waals surface area (Å²) in [5.41, 5.74) is 0. The first-order valence-electron chi connectivity index (χ1n) is 34.6. The van der Waals surface area contributed by atoms with Crippen molar-refractivity contribution >= 4 is 5.91 Å². The molecule has 5 heteroatoms. The van der Waals surface area contributed by atoms with E-state index in [-0.39, 0.29) is 6.61 Å². The van der Waals surface area contributed by atoms with E-state index in [9.17, 15) is 20.1 Å². The van der Waals surface area contributed by atoms with Gasteiger partial charge in [-0.25, -0.2) is 0 Å². The van der Waals surface area contributed by atoms with E-state index in [1.165, 1.54) is 327 Å². The topological polar surface area (TPSA) is 89.8 Å². The van der Waals surface area contributed by atoms with Gasteiger partial charge in [0.15, 0.2) is 0 Å². The van der Waals surface area contributed by atoms with Crippen molar-refractivity contribution < 1.29 is 20.1 Å². The number of aliphatic hydroxyl groups excluding tert-OH is 3. The lowest BCUT2D eigenvalue weighted by molar-refractivity contribution is -0.131. The lowest BCUT2D eigenvalue weighted by atomic mass is 10.0. The van der Waals surface area contributed by atoms with Crippen molar-refractivity contribution in [3.05, 3.63) is 24.3 Å². The zero-order chi connectivity index (χ0) is 54.3. The summed E-state index contributed by atoms with van der Waals surface area (Å²) in [5, 5.41) is 33.7. The lowest BCUT2D eigenvalue weighted by Gasteiger charge is -2.23. The fourth-order valence-corrected chi connectivity index (χ4v) is 11.2. The van der Waals surface area contributed by atoms with Crippen LogP contribution in [0, 0.1) is 0 Å². The number of hydrogen-bond acceptors (Lipinski definition) is 4. The Kier molecular flexibility index (Phi) is 64.3. The van der Waals surface area contributed by atoms with Crippen LogP contribution >= 0.6 is 0 Å². The number of nitrogens with one attached hydrogen (secondary N) is 1. The Hall–Kier alpha value is -1.17. The van der Waals surface area contributed by atoms with Gasteiger partial charge in [-0.3, -0.25) is 4.79 Å². The van der Waals surface area contributed by atoms with Gasteiger partial charge in [-0.2, -0.15) is 0 Å². The van der Waals surface area contributed by atoms with E-state index in [4.69, 9.17) is 0 Å². The number of rotatable bonds is 65. The molecule has 4 N–H and O–H groups in total. The van der Waals surface area contributed by atoms with Crippen molar-refractivity contribution in [2.75, 3.05) is 6.61 Å². The first kappa shape index (κ1) is 73.8. The number of amides is 1. The van der Waals surface area contributed by atoms with Gasteiger partial charge in [0.2, 0.25) is 5.91 Å². The quantitative estimate of drug-likeness (QED) is 0.0361. The van der Waals surface area contributed by atoms with Gasteiger partial charge in [0.25, 0.3) is 0 Å². The molecule has 0 rings (SSSR count). The van der Waals surface area contributed by atoms with Crippen LogP contribution in [0.3, 0.4) is 0 Å². The van der Waals surface area contributed by atoms with Crippen LogP contribution in [-0.4, -0.2) is 46.1 Å². The summed E-state index contributed by atoms with van der Waals surface area (Å²) in [6, 6.07) is -0.712. The molecule has 0 fully saturated rings. The van der Waals surface area contributed by atoms with E-state index in [0.29, 0.717) is 12.8 Å². The lowest BCUT2D eigenvalue weighted by Crippen LogP contribution is -2.49. The molecular weight excluding hydrogens is 919 g/mol. The number of carbonyl (C=O) groups excluding carboxylic acids is 1. The average molecular weight is 1060 g/mol. The molecule has 0 spiro atoms. The summed E-state index contributed by atoms with van der Waals surface area (Å²) >= 11 is 0. The molecule has 3 atom stereocenters. The van der Waals surface area contributed by atoms with Gasteiger partial charge in [0.1, 0.15) is 6.10 Å².